The second-order valence-corrected chi connectivity index (χ2v) is 16.9. The number of alkyl halides is 3. The minimum atomic E-state index is -5.31. The topological polar surface area (TPSA) is 265 Å². The summed E-state index contributed by atoms with van der Waals surface area (Å²) in [6, 6.07) is 7.14. The maximum atomic E-state index is 13.9. The molecule has 23 heteroatoms. The molecular weight excluding hydrogens is 902 g/mol. The monoisotopic (exact) mass is 956 g/mol. The number of amides is 7. The van der Waals surface area contributed by atoms with E-state index in [2.05, 4.69) is 31.2 Å². The number of halogens is 3. The van der Waals surface area contributed by atoms with Crippen molar-refractivity contribution in [3.8, 4) is 0 Å². The number of carbonyl (C=O) groups excluding carboxylic acids is 8. The third-order valence-corrected chi connectivity index (χ3v) is 10.7. The summed E-state index contributed by atoms with van der Waals surface area (Å²) >= 11 is 0. The van der Waals surface area contributed by atoms with Crippen LogP contribution in [0.2, 0.25) is 0 Å². The fraction of sp³-hybridized carbons (Fsp3) is 0.467. The van der Waals surface area contributed by atoms with E-state index in [0.717, 1.165) is 48.4 Å². The Bertz CT molecular complexity index is 2450. The van der Waals surface area contributed by atoms with Crippen molar-refractivity contribution in [2.24, 2.45) is 11.3 Å². The van der Waals surface area contributed by atoms with E-state index in [1.807, 2.05) is 20.8 Å². The van der Waals surface area contributed by atoms with Gasteiger partial charge in [-0.1, -0.05) is 40.7 Å². The number of esters is 1. The van der Waals surface area contributed by atoms with Crippen LogP contribution in [0.25, 0.3) is 10.9 Å². The number of hydrogen-bond acceptors (Lipinski definition) is 13. The zero-order valence-corrected chi connectivity index (χ0v) is 38.6. The maximum Gasteiger partial charge on any atom is 0.471 e. The van der Waals surface area contributed by atoms with Gasteiger partial charge >= 0.3 is 18.1 Å². The van der Waals surface area contributed by atoms with E-state index in [1.165, 1.54) is 18.2 Å². The van der Waals surface area contributed by atoms with Crippen LogP contribution in [0, 0.1) is 11.3 Å². The number of carbonyl (C=O) groups is 8. The summed E-state index contributed by atoms with van der Waals surface area (Å²) in [6.07, 6.45) is -3.57. The van der Waals surface area contributed by atoms with Crippen molar-refractivity contribution in [1.82, 2.24) is 30.8 Å². The van der Waals surface area contributed by atoms with E-state index in [1.54, 1.807) is 20.8 Å². The number of nitrogens with zero attached hydrogens (tertiary/aromatic N) is 3. The van der Waals surface area contributed by atoms with E-state index in [4.69, 9.17) is 14.2 Å². The molecule has 5 N–H and O–H groups in total. The number of benzene rings is 2. The lowest BCUT2D eigenvalue weighted by Gasteiger charge is -2.41. The average Bonchev–Trinajstić information content (AvgIpc) is 3.60. The molecular formula is C45H55F3N8O12. The summed E-state index contributed by atoms with van der Waals surface area (Å²) in [5.41, 5.74) is -1.37. The standard InChI is InChI=1S/C45H55F3N8O12/c1-26(2)37(61)53-42-52-31-13-8-27(24-30(31)39(63)54-42)25-56(41(65)45(46,47)48)29-11-9-28(10-12-29)38(62)51-32(40(64)66-7)14-15-33(57)49-19-22-67-44(6,43(3,4)5)68-23-20-50-34(58)18-21-55-35(59)16-17-36(55)60/h8-13,16-17,24,26,32H,14-15,18-23,25H2,1-7H3,(H,49,57)(H,50,58)(H,51,62)(H2,52,53,54,61,63)/t32-,44?/m0/s1. The van der Waals surface area contributed by atoms with Crippen molar-refractivity contribution >= 4 is 69.9 Å². The van der Waals surface area contributed by atoms with Gasteiger partial charge in [0.2, 0.25) is 23.7 Å². The van der Waals surface area contributed by atoms with Crippen LogP contribution in [-0.4, -0.2) is 120 Å². The number of aromatic amines is 1. The molecule has 7 amide bonds. The SMILES string of the molecule is COC(=O)[C@H](CCC(=O)NCCOC(C)(OCCNC(=O)CCN1C(=O)C=CC1=O)C(C)(C)C)NC(=O)c1ccc(N(Cc2ccc3nc(NC(=O)C(C)C)[nH]c(=O)c3c2)C(=O)C(F)(F)F)cc1. The van der Waals surface area contributed by atoms with Gasteiger partial charge in [-0.25, -0.2) is 9.78 Å². The number of imide groups is 1. The van der Waals surface area contributed by atoms with Crippen LogP contribution >= 0.6 is 0 Å². The predicted octanol–water partition coefficient (Wildman–Crippen LogP) is 3.01. The molecule has 0 saturated heterocycles. The smallest absolute Gasteiger partial charge is 0.467 e. The van der Waals surface area contributed by atoms with E-state index in [9.17, 15) is 56.3 Å². The lowest BCUT2D eigenvalue weighted by Crippen LogP contribution is -2.48. The number of methoxy groups -OCH3 is 1. The third kappa shape index (κ3) is 14.7. The molecule has 68 heavy (non-hydrogen) atoms. The number of nitrogens with one attached hydrogen (secondary N) is 5. The molecule has 0 aliphatic carbocycles. The van der Waals surface area contributed by atoms with E-state index < -0.39 is 82.9 Å². The molecule has 0 radical (unpaired) electrons. The van der Waals surface area contributed by atoms with Gasteiger partial charge in [0.1, 0.15) is 6.04 Å². The molecule has 0 spiro atoms. The Kier molecular flexibility index (Phi) is 18.2. The van der Waals surface area contributed by atoms with E-state index >= 15 is 0 Å². The molecule has 1 aliphatic rings. The highest BCUT2D eigenvalue weighted by Gasteiger charge is 2.43. The lowest BCUT2D eigenvalue weighted by molar-refractivity contribution is -0.276. The zero-order chi connectivity index (χ0) is 50.6. The molecule has 2 heterocycles. The number of hydrogen-bond donors (Lipinski definition) is 5. The molecule has 1 aliphatic heterocycles. The molecule has 0 bridgehead atoms. The summed E-state index contributed by atoms with van der Waals surface area (Å²) in [6.45, 7) is 10.1. The highest BCUT2D eigenvalue weighted by molar-refractivity contribution is 6.13. The first-order valence-corrected chi connectivity index (χ1v) is 21.4. The van der Waals surface area contributed by atoms with Gasteiger partial charge in [0.05, 0.1) is 37.8 Å². The first-order chi connectivity index (χ1) is 31.8. The van der Waals surface area contributed by atoms with Crippen LogP contribution in [0.15, 0.2) is 59.4 Å². The number of ether oxygens (including phenoxy) is 3. The Morgan fingerprint density at radius 2 is 1.43 bits per heavy atom. The quantitative estimate of drug-likeness (QED) is 0.0420. The lowest BCUT2D eigenvalue weighted by atomic mass is 9.86. The molecule has 2 atom stereocenters. The molecule has 0 saturated carbocycles. The molecule has 3 aromatic rings. The van der Waals surface area contributed by atoms with E-state index in [-0.39, 0.29) is 91.7 Å². The summed E-state index contributed by atoms with van der Waals surface area (Å²) in [4.78, 5) is 120. The predicted molar refractivity (Wildman–Crippen MR) is 238 cm³/mol. The third-order valence-electron chi connectivity index (χ3n) is 10.7. The van der Waals surface area contributed by atoms with Crippen molar-refractivity contribution < 1.29 is 65.7 Å². The first kappa shape index (κ1) is 53.6. The normalized spacial score (nSPS) is 14.1. The van der Waals surface area contributed by atoms with Crippen LogP contribution in [0.3, 0.4) is 0 Å². The summed E-state index contributed by atoms with van der Waals surface area (Å²) < 4.78 is 58.4. The Morgan fingerprint density at radius 1 is 0.838 bits per heavy atom. The van der Waals surface area contributed by atoms with Crippen LogP contribution in [0.1, 0.15) is 76.7 Å². The second kappa shape index (κ2) is 23.1. The van der Waals surface area contributed by atoms with Gasteiger partial charge in [0, 0.05) is 67.2 Å². The van der Waals surface area contributed by atoms with Crippen LogP contribution in [-0.2, 0) is 54.3 Å². The average molecular weight is 957 g/mol. The number of rotatable bonds is 22. The molecule has 2 aromatic carbocycles. The minimum Gasteiger partial charge on any atom is -0.467 e. The number of anilines is 2. The maximum absolute atomic E-state index is 13.9. The van der Waals surface area contributed by atoms with Gasteiger partial charge in [-0.3, -0.25) is 53.6 Å². The summed E-state index contributed by atoms with van der Waals surface area (Å²) in [7, 11) is 1.08. The Morgan fingerprint density at radius 3 is 1.97 bits per heavy atom. The molecule has 1 unspecified atom stereocenters. The van der Waals surface area contributed by atoms with Crippen molar-refractivity contribution in [1.29, 1.82) is 0 Å². The molecule has 368 valence electrons. The van der Waals surface area contributed by atoms with Crippen LogP contribution in [0.4, 0.5) is 24.8 Å². The summed E-state index contributed by atoms with van der Waals surface area (Å²) in [5, 5.41) is 10.2. The van der Waals surface area contributed by atoms with Crippen molar-refractivity contribution in [2.45, 2.75) is 85.4 Å². The van der Waals surface area contributed by atoms with Gasteiger partial charge in [-0.05, 0) is 55.3 Å². The molecule has 0 fully saturated rings. The van der Waals surface area contributed by atoms with Gasteiger partial charge in [-0.15, -0.1) is 0 Å². The van der Waals surface area contributed by atoms with Crippen LogP contribution < -0.4 is 31.7 Å². The first-order valence-electron chi connectivity index (χ1n) is 21.4. The Hall–Kier alpha value is -7.01. The Balaban J connectivity index is 1.30. The number of fused-ring (bicyclic) bond motifs is 1. The fourth-order valence-corrected chi connectivity index (χ4v) is 6.31. The minimum absolute atomic E-state index is 0.00207. The van der Waals surface area contributed by atoms with Gasteiger partial charge in [0.15, 0.2) is 5.79 Å². The zero-order valence-electron chi connectivity index (χ0n) is 38.6. The highest BCUT2D eigenvalue weighted by atomic mass is 19.4. The van der Waals surface area contributed by atoms with Gasteiger partial charge < -0.3 is 35.1 Å². The van der Waals surface area contributed by atoms with E-state index in [0.29, 0.717) is 4.90 Å². The van der Waals surface area contributed by atoms with Crippen molar-refractivity contribution in [3.05, 3.63) is 76.1 Å². The second-order valence-electron chi connectivity index (χ2n) is 16.9. The van der Waals surface area contributed by atoms with Gasteiger partial charge in [0.25, 0.3) is 23.3 Å². The largest absolute Gasteiger partial charge is 0.471 e. The molecule has 1 aromatic heterocycles. The number of aromatic nitrogens is 2. The molecule has 20 nitrogen and oxygen atoms in total. The highest BCUT2D eigenvalue weighted by Crippen LogP contribution is 2.34. The molecule has 4 rings (SSSR count). The fourth-order valence-electron chi connectivity index (χ4n) is 6.31. The van der Waals surface area contributed by atoms with Crippen LogP contribution in [0.5, 0.6) is 0 Å². The van der Waals surface area contributed by atoms with Gasteiger partial charge in [-0.2, -0.15) is 13.2 Å². The Labute approximate surface area is 388 Å². The van der Waals surface area contributed by atoms with Crippen molar-refractivity contribution in [3.63, 3.8) is 0 Å². The van der Waals surface area contributed by atoms with Crippen molar-refractivity contribution in [2.75, 3.05) is 50.2 Å². The summed E-state index contributed by atoms with van der Waals surface area (Å²) in [5.74, 6) is -7.92. The number of H-pyrrole nitrogens is 1.